The largest absolute Gasteiger partial charge is 0.396 e. The van der Waals surface area contributed by atoms with Crippen LogP contribution < -0.4 is 11.1 Å². The first-order valence-corrected chi connectivity index (χ1v) is 3.87. The number of nitrogens with one attached hydrogen (secondary N) is 1. The average Bonchev–Trinajstić information content (AvgIpc) is 2.03. The molecule has 0 aliphatic heterocycles. The van der Waals surface area contributed by atoms with Crippen molar-refractivity contribution in [1.82, 2.24) is 5.32 Å². The summed E-state index contributed by atoms with van der Waals surface area (Å²) in [7, 11) is 0. The van der Waals surface area contributed by atoms with E-state index in [1.165, 1.54) is 0 Å². The lowest BCUT2D eigenvalue weighted by atomic mass is 10.2. The van der Waals surface area contributed by atoms with E-state index in [-0.39, 0.29) is 6.61 Å². The molecule has 0 unspecified atom stereocenters. The summed E-state index contributed by atoms with van der Waals surface area (Å²) >= 11 is 0. The van der Waals surface area contributed by atoms with Gasteiger partial charge < -0.3 is 16.2 Å². The van der Waals surface area contributed by atoms with Crippen molar-refractivity contribution in [2.24, 2.45) is 5.73 Å². The number of nitrogens with two attached hydrogens (primary N) is 1. The van der Waals surface area contributed by atoms with Gasteiger partial charge in [0.05, 0.1) is 0 Å². The summed E-state index contributed by atoms with van der Waals surface area (Å²) in [6.45, 7) is 0.589. The quantitative estimate of drug-likeness (QED) is 0.359. The second kappa shape index (κ2) is 6.60. The molecule has 0 heterocycles. The van der Waals surface area contributed by atoms with Crippen LogP contribution in [0.15, 0.2) is 0 Å². The van der Waals surface area contributed by atoms with Crippen molar-refractivity contribution in [3.63, 3.8) is 0 Å². The Bertz CT molecular complexity index is 159. The Hall–Kier alpha value is -1.10. The molecule has 0 aliphatic carbocycles. The van der Waals surface area contributed by atoms with Gasteiger partial charge in [-0.2, -0.15) is 0 Å². The molecule has 0 fully saturated rings. The molecule has 0 aliphatic rings. The van der Waals surface area contributed by atoms with E-state index in [1.807, 2.05) is 0 Å². The summed E-state index contributed by atoms with van der Waals surface area (Å²) in [5, 5.41) is 10.7. The van der Waals surface area contributed by atoms with Crippen molar-refractivity contribution in [3.05, 3.63) is 0 Å². The number of primary amides is 1. The van der Waals surface area contributed by atoms with Gasteiger partial charge in [-0.1, -0.05) is 0 Å². The lowest BCUT2D eigenvalue weighted by Crippen LogP contribution is -2.36. The standard InChI is InChI=1S/C7H14N2O3/c8-6(11)7(12)9-4-2-1-3-5-10/h10H,1-5H2,(H2,8,11)(H,9,12). The summed E-state index contributed by atoms with van der Waals surface area (Å²) in [6.07, 6.45) is 2.29. The Balaban J connectivity index is 3.20. The second-order valence-electron chi connectivity index (χ2n) is 2.40. The minimum Gasteiger partial charge on any atom is -0.396 e. The van der Waals surface area contributed by atoms with Gasteiger partial charge >= 0.3 is 11.8 Å². The molecule has 4 N–H and O–H groups in total. The van der Waals surface area contributed by atoms with Crippen LogP contribution in [0.4, 0.5) is 0 Å². The zero-order chi connectivity index (χ0) is 9.40. The summed E-state index contributed by atoms with van der Waals surface area (Å²) in [5.41, 5.74) is 4.69. The van der Waals surface area contributed by atoms with Crippen LogP contribution >= 0.6 is 0 Å². The predicted molar refractivity (Wildman–Crippen MR) is 43.1 cm³/mol. The van der Waals surface area contributed by atoms with Crippen molar-refractivity contribution in [1.29, 1.82) is 0 Å². The van der Waals surface area contributed by atoms with Crippen LogP contribution in [0.3, 0.4) is 0 Å². The Labute approximate surface area is 70.9 Å². The number of hydrogen-bond acceptors (Lipinski definition) is 3. The molecule has 0 saturated carbocycles. The molecule has 0 radical (unpaired) electrons. The van der Waals surface area contributed by atoms with Crippen LogP contribution in [0.1, 0.15) is 19.3 Å². The fourth-order valence-electron chi connectivity index (χ4n) is 0.703. The molecule has 0 aromatic carbocycles. The van der Waals surface area contributed by atoms with E-state index >= 15 is 0 Å². The number of carbonyl (C=O) groups excluding carboxylic acids is 2. The first-order chi connectivity index (χ1) is 5.68. The fraction of sp³-hybridized carbons (Fsp3) is 0.714. The maximum absolute atomic E-state index is 10.5. The first kappa shape index (κ1) is 10.9. The van der Waals surface area contributed by atoms with Crippen molar-refractivity contribution >= 4 is 11.8 Å². The minimum absolute atomic E-state index is 0.157. The van der Waals surface area contributed by atoms with Gasteiger partial charge in [0.2, 0.25) is 0 Å². The lowest BCUT2D eigenvalue weighted by Gasteiger charge is -2.00. The highest BCUT2D eigenvalue weighted by atomic mass is 16.3. The van der Waals surface area contributed by atoms with Gasteiger partial charge in [-0.25, -0.2) is 0 Å². The molecule has 0 aromatic heterocycles. The molecule has 12 heavy (non-hydrogen) atoms. The Morgan fingerprint density at radius 2 is 1.92 bits per heavy atom. The Kier molecular flexibility index (Phi) is 6.00. The summed E-state index contributed by atoms with van der Waals surface area (Å²) in [6, 6.07) is 0. The topological polar surface area (TPSA) is 92.4 Å². The molecule has 0 bridgehead atoms. The van der Waals surface area contributed by atoms with Crippen molar-refractivity contribution in [3.8, 4) is 0 Å². The van der Waals surface area contributed by atoms with Gasteiger partial charge in [0.15, 0.2) is 0 Å². The van der Waals surface area contributed by atoms with Gasteiger partial charge in [-0.3, -0.25) is 9.59 Å². The molecule has 5 nitrogen and oxygen atoms in total. The highest BCUT2D eigenvalue weighted by Gasteiger charge is 2.05. The van der Waals surface area contributed by atoms with E-state index in [2.05, 4.69) is 11.1 Å². The van der Waals surface area contributed by atoms with E-state index in [4.69, 9.17) is 5.11 Å². The lowest BCUT2D eigenvalue weighted by molar-refractivity contribution is -0.137. The third-order valence-corrected chi connectivity index (χ3v) is 1.34. The highest BCUT2D eigenvalue weighted by molar-refractivity contribution is 6.34. The van der Waals surface area contributed by atoms with E-state index in [0.717, 1.165) is 12.8 Å². The van der Waals surface area contributed by atoms with Crippen molar-refractivity contribution < 1.29 is 14.7 Å². The maximum atomic E-state index is 10.5. The highest BCUT2D eigenvalue weighted by Crippen LogP contribution is 1.91. The number of rotatable bonds is 5. The first-order valence-electron chi connectivity index (χ1n) is 3.87. The van der Waals surface area contributed by atoms with Crippen LogP contribution in [-0.4, -0.2) is 30.1 Å². The van der Waals surface area contributed by atoms with Crippen LogP contribution in [0.2, 0.25) is 0 Å². The smallest absolute Gasteiger partial charge is 0.309 e. The van der Waals surface area contributed by atoms with Crippen molar-refractivity contribution in [2.75, 3.05) is 13.2 Å². The third kappa shape index (κ3) is 5.67. The van der Waals surface area contributed by atoms with Crippen LogP contribution in [-0.2, 0) is 9.59 Å². The maximum Gasteiger partial charge on any atom is 0.309 e. The molecule has 0 aromatic rings. The minimum atomic E-state index is -0.961. The number of unbranched alkanes of at least 4 members (excludes halogenated alkanes) is 2. The summed E-state index contributed by atoms with van der Waals surface area (Å²) in [4.78, 5) is 20.7. The predicted octanol–water partition coefficient (Wildman–Crippen LogP) is -1.25. The number of amides is 2. The number of carbonyl (C=O) groups is 2. The average molecular weight is 174 g/mol. The zero-order valence-corrected chi connectivity index (χ0v) is 6.88. The van der Waals surface area contributed by atoms with E-state index < -0.39 is 11.8 Å². The number of hydrogen-bond donors (Lipinski definition) is 3. The molecule has 0 saturated heterocycles. The number of aliphatic hydroxyl groups is 1. The van der Waals surface area contributed by atoms with Gasteiger partial charge in [0.1, 0.15) is 0 Å². The zero-order valence-electron chi connectivity index (χ0n) is 6.88. The van der Waals surface area contributed by atoms with Gasteiger partial charge in [0, 0.05) is 13.2 Å². The molecule has 0 spiro atoms. The molecule has 0 atom stereocenters. The van der Waals surface area contributed by atoms with E-state index in [0.29, 0.717) is 13.0 Å². The number of aliphatic hydroxyl groups excluding tert-OH is 1. The molecule has 2 amide bonds. The monoisotopic (exact) mass is 174 g/mol. The Morgan fingerprint density at radius 3 is 2.42 bits per heavy atom. The normalized spacial score (nSPS) is 9.42. The van der Waals surface area contributed by atoms with Crippen LogP contribution in [0.25, 0.3) is 0 Å². The van der Waals surface area contributed by atoms with Crippen molar-refractivity contribution in [2.45, 2.75) is 19.3 Å². The van der Waals surface area contributed by atoms with Crippen LogP contribution in [0, 0.1) is 0 Å². The molecular formula is C7H14N2O3. The molecule has 70 valence electrons. The van der Waals surface area contributed by atoms with E-state index in [1.54, 1.807) is 0 Å². The molecule has 0 rings (SSSR count). The van der Waals surface area contributed by atoms with Gasteiger partial charge in [-0.15, -0.1) is 0 Å². The molecule has 5 heteroatoms. The SMILES string of the molecule is NC(=O)C(=O)NCCCCCO. The third-order valence-electron chi connectivity index (χ3n) is 1.34. The Morgan fingerprint density at radius 1 is 1.25 bits per heavy atom. The van der Waals surface area contributed by atoms with Gasteiger partial charge in [0.25, 0.3) is 0 Å². The second-order valence-corrected chi connectivity index (χ2v) is 2.40. The van der Waals surface area contributed by atoms with Crippen LogP contribution in [0.5, 0.6) is 0 Å². The molecular weight excluding hydrogens is 160 g/mol. The summed E-state index contributed by atoms with van der Waals surface area (Å²) < 4.78 is 0. The fourth-order valence-corrected chi connectivity index (χ4v) is 0.703. The van der Waals surface area contributed by atoms with E-state index in [9.17, 15) is 9.59 Å². The van der Waals surface area contributed by atoms with Gasteiger partial charge in [-0.05, 0) is 19.3 Å². The summed E-state index contributed by atoms with van der Waals surface area (Å²) in [5.74, 6) is -1.71.